The second-order valence-electron chi connectivity index (χ2n) is 4.09. The summed E-state index contributed by atoms with van der Waals surface area (Å²) in [5.41, 5.74) is 0. The highest BCUT2D eigenvalue weighted by atomic mass is 28.4. The molecule has 0 rings (SSSR count). The Morgan fingerprint density at radius 3 is 1.95 bits per heavy atom. The molecule has 0 bridgehead atoms. The van der Waals surface area contributed by atoms with Gasteiger partial charge in [-0.3, -0.25) is 4.79 Å². The fourth-order valence-corrected chi connectivity index (χ4v) is 4.34. The van der Waals surface area contributed by atoms with E-state index in [9.17, 15) is 9.59 Å². The van der Waals surface area contributed by atoms with Gasteiger partial charge in [-0.2, -0.15) is 0 Å². The van der Waals surface area contributed by atoms with Gasteiger partial charge < -0.3 is 29.0 Å². The fraction of sp³-hybridized carbons (Fsp3) is 0.833. The lowest BCUT2D eigenvalue weighted by Crippen LogP contribution is -2.46. The van der Waals surface area contributed by atoms with E-state index in [4.69, 9.17) is 18.4 Å². The Morgan fingerprint density at radius 2 is 1.52 bits per heavy atom. The van der Waals surface area contributed by atoms with Crippen LogP contribution >= 0.6 is 0 Å². The van der Waals surface area contributed by atoms with E-state index < -0.39 is 27.3 Å². The summed E-state index contributed by atoms with van der Waals surface area (Å²) in [7, 11) is -2.67. The molecule has 0 aromatic rings. The van der Waals surface area contributed by atoms with Gasteiger partial charge in [0, 0.05) is 32.4 Å². The van der Waals surface area contributed by atoms with Crippen LogP contribution in [-0.4, -0.2) is 58.8 Å². The van der Waals surface area contributed by atoms with Crippen LogP contribution in [0.5, 0.6) is 0 Å². The van der Waals surface area contributed by atoms with E-state index >= 15 is 0 Å². The van der Waals surface area contributed by atoms with Gasteiger partial charge in [0.1, 0.15) is 6.54 Å². The number of aliphatic carboxylic acids is 1. The first-order valence-electron chi connectivity index (χ1n) is 7.15. The van der Waals surface area contributed by atoms with Crippen LogP contribution in [0, 0.1) is 0 Å². The van der Waals surface area contributed by atoms with Crippen LogP contribution in [0.2, 0.25) is 6.04 Å². The molecule has 0 heterocycles. The predicted molar refractivity (Wildman–Crippen MR) is 79.1 cm³/mol. The van der Waals surface area contributed by atoms with Gasteiger partial charge in [0.25, 0.3) is 0 Å². The van der Waals surface area contributed by atoms with Crippen molar-refractivity contribution < 1.29 is 28.0 Å². The molecule has 0 spiro atoms. The number of carbonyl (C=O) groups excluding carboxylic acids is 1. The number of urea groups is 1. The molecule has 0 saturated heterocycles. The summed E-state index contributed by atoms with van der Waals surface area (Å²) >= 11 is 0. The molecule has 124 valence electrons. The van der Waals surface area contributed by atoms with Crippen LogP contribution in [0.3, 0.4) is 0 Å². The smallest absolute Gasteiger partial charge is 0.480 e. The predicted octanol–water partition coefficient (Wildman–Crippen LogP) is 0.809. The summed E-state index contributed by atoms with van der Waals surface area (Å²) < 4.78 is 17.1. The van der Waals surface area contributed by atoms with Crippen molar-refractivity contribution in [1.82, 2.24) is 10.6 Å². The van der Waals surface area contributed by atoms with E-state index in [-0.39, 0.29) is 0 Å². The Kier molecular flexibility index (Phi) is 10.9. The van der Waals surface area contributed by atoms with Crippen LogP contribution in [-0.2, 0) is 18.1 Å². The molecule has 9 heteroatoms. The Bertz CT molecular complexity index is 299. The summed E-state index contributed by atoms with van der Waals surface area (Å²) in [5, 5.41) is 13.2. The number of hydrogen-bond acceptors (Lipinski definition) is 5. The summed E-state index contributed by atoms with van der Waals surface area (Å²) in [6.07, 6.45) is 0.632. The van der Waals surface area contributed by atoms with Gasteiger partial charge in [0.2, 0.25) is 0 Å². The Morgan fingerprint density at radius 1 is 1.00 bits per heavy atom. The molecule has 0 aliphatic heterocycles. The third-order valence-corrected chi connectivity index (χ3v) is 5.59. The lowest BCUT2D eigenvalue weighted by atomic mass is 10.5. The zero-order chi connectivity index (χ0) is 16.1. The molecule has 0 fully saturated rings. The maximum absolute atomic E-state index is 11.3. The van der Waals surface area contributed by atoms with Gasteiger partial charge in [-0.15, -0.1) is 0 Å². The van der Waals surface area contributed by atoms with Gasteiger partial charge >= 0.3 is 20.8 Å². The van der Waals surface area contributed by atoms with Crippen molar-refractivity contribution in [2.75, 3.05) is 32.9 Å². The minimum Gasteiger partial charge on any atom is -0.480 e. The minimum atomic E-state index is -2.67. The van der Waals surface area contributed by atoms with Crippen molar-refractivity contribution in [2.24, 2.45) is 0 Å². The molecule has 2 amide bonds. The van der Waals surface area contributed by atoms with Gasteiger partial charge in [-0.05, 0) is 27.2 Å². The number of rotatable bonds is 12. The average Bonchev–Trinajstić information content (AvgIpc) is 2.42. The maximum Gasteiger partial charge on any atom is 0.500 e. The lowest BCUT2D eigenvalue weighted by Gasteiger charge is -2.28. The van der Waals surface area contributed by atoms with Crippen LogP contribution in [0.1, 0.15) is 27.2 Å². The Hall–Kier alpha value is -1.16. The van der Waals surface area contributed by atoms with Crippen molar-refractivity contribution in [3.05, 3.63) is 0 Å². The molecule has 8 nitrogen and oxygen atoms in total. The molecule has 0 aliphatic carbocycles. The first kappa shape index (κ1) is 19.8. The van der Waals surface area contributed by atoms with Crippen molar-refractivity contribution in [3.8, 4) is 0 Å². The standard InChI is InChI=1S/C12H26N2O6Si/c1-4-18-21(19-5-2,20-6-3)9-7-8-13-12(17)14-10-11(15)16/h4-10H2,1-3H3,(H,15,16)(H2,13,14,17). The third kappa shape index (κ3) is 9.40. The average molecular weight is 322 g/mol. The number of carboxylic acids is 1. The van der Waals surface area contributed by atoms with Crippen molar-refractivity contribution in [2.45, 2.75) is 33.2 Å². The highest BCUT2D eigenvalue weighted by Crippen LogP contribution is 2.17. The van der Waals surface area contributed by atoms with Crippen LogP contribution < -0.4 is 10.6 Å². The number of amides is 2. The van der Waals surface area contributed by atoms with E-state index in [0.29, 0.717) is 38.8 Å². The van der Waals surface area contributed by atoms with E-state index in [2.05, 4.69) is 10.6 Å². The van der Waals surface area contributed by atoms with Crippen LogP contribution in [0.15, 0.2) is 0 Å². The van der Waals surface area contributed by atoms with Gasteiger partial charge in [0.05, 0.1) is 0 Å². The molecule has 21 heavy (non-hydrogen) atoms. The molecule has 0 radical (unpaired) electrons. The normalized spacial score (nSPS) is 11.2. The molecule has 0 aromatic heterocycles. The molecule has 0 aliphatic rings. The zero-order valence-electron chi connectivity index (χ0n) is 12.9. The molecule has 0 aromatic carbocycles. The quantitative estimate of drug-likeness (QED) is 0.363. The maximum atomic E-state index is 11.3. The third-order valence-electron chi connectivity index (χ3n) is 2.44. The Balaban J connectivity index is 4.11. The van der Waals surface area contributed by atoms with Crippen LogP contribution in [0.4, 0.5) is 4.79 Å². The summed E-state index contributed by atoms with van der Waals surface area (Å²) in [6.45, 7) is 7.19. The van der Waals surface area contributed by atoms with E-state index in [0.717, 1.165) is 0 Å². The minimum absolute atomic E-state index is 0.396. The highest BCUT2D eigenvalue weighted by Gasteiger charge is 2.39. The molecular formula is C12H26N2O6Si. The van der Waals surface area contributed by atoms with Crippen molar-refractivity contribution in [3.63, 3.8) is 0 Å². The number of carboxylic acid groups (broad SMARTS) is 1. The zero-order valence-corrected chi connectivity index (χ0v) is 13.9. The summed E-state index contributed by atoms with van der Waals surface area (Å²) in [5.74, 6) is -1.08. The van der Waals surface area contributed by atoms with Crippen molar-refractivity contribution >= 4 is 20.8 Å². The van der Waals surface area contributed by atoms with Crippen molar-refractivity contribution in [1.29, 1.82) is 0 Å². The van der Waals surface area contributed by atoms with Gasteiger partial charge in [-0.1, -0.05) is 0 Å². The first-order valence-corrected chi connectivity index (χ1v) is 9.08. The van der Waals surface area contributed by atoms with E-state index in [1.54, 1.807) is 0 Å². The molecule has 3 N–H and O–H groups in total. The largest absolute Gasteiger partial charge is 0.500 e. The topological polar surface area (TPSA) is 106 Å². The molecule has 0 unspecified atom stereocenters. The summed E-state index contributed by atoms with van der Waals surface area (Å²) in [4.78, 5) is 21.6. The molecule has 0 saturated carbocycles. The number of hydrogen-bond donors (Lipinski definition) is 3. The molecule has 0 atom stereocenters. The highest BCUT2D eigenvalue weighted by molar-refractivity contribution is 6.60. The first-order chi connectivity index (χ1) is 9.99. The molecular weight excluding hydrogens is 296 g/mol. The lowest BCUT2D eigenvalue weighted by molar-refractivity contribution is -0.135. The SMILES string of the molecule is CCO[Si](CCCNC(=O)NCC(=O)O)(OCC)OCC. The second kappa shape index (κ2) is 11.5. The van der Waals surface area contributed by atoms with Crippen LogP contribution in [0.25, 0.3) is 0 Å². The number of nitrogens with one attached hydrogen (secondary N) is 2. The van der Waals surface area contributed by atoms with E-state index in [1.807, 2.05) is 20.8 Å². The Labute approximate surface area is 126 Å². The van der Waals surface area contributed by atoms with E-state index in [1.165, 1.54) is 0 Å². The fourth-order valence-electron chi connectivity index (χ4n) is 1.73. The number of carbonyl (C=O) groups is 2. The monoisotopic (exact) mass is 322 g/mol. The summed E-state index contributed by atoms with van der Waals surface area (Å²) in [6, 6.07) is 0.0933. The van der Waals surface area contributed by atoms with Gasteiger partial charge in [0.15, 0.2) is 0 Å². The van der Waals surface area contributed by atoms with Gasteiger partial charge in [-0.25, -0.2) is 4.79 Å². The second-order valence-corrected chi connectivity index (χ2v) is 6.82.